The number of hydrogen-bond donors (Lipinski definition) is 1. The molecule has 128 valence electrons. The van der Waals surface area contributed by atoms with E-state index in [1.54, 1.807) is 6.20 Å². The Morgan fingerprint density at radius 2 is 2.12 bits per heavy atom. The van der Waals surface area contributed by atoms with E-state index in [-0.39, 0.29) is 11.9 Å². The van der Waals surface area contributed by atoms with Crippen LogP contribution in [-0.4, -0.2) is 27.3 Å². The van der Waals surface area contributed by atoms with Gasteiger partial charge in [0.25, 0.3) is 5.91 Å². The summed E-state index contributed by atoms with van der Waals surface area (Å²) in [6.07, 6.45) is 5.68. The molecule has 1 amide bonds. The van der Waals surface area contributed by atoms with Crippen LogP contribution in [0.1, 0.15) is 51.6 Å². The van der Waals surface area contributed by atoms with E-state index >= 15 is 0 Å². The van der Waals surface area contributed by atoms with E-state index in [0.717, 1.165) is 47.1 Å². The van der Waals surface area contributed by atoms with Crippen molar-refractivity contribution < 1.29 is 4.79 Å². The Kier molecular flexibility index (Phi) is 3.83. The van der Waals surface area contributed by atoms with Crippen LogP contribution < -0.4 is 0 Å². The Morgan fingerprint density at radius 3 is 2.88 bits per heavy atom. The number of nitrogens with one attached hydrogen (secondary N) is 1. The number of carbonyl (C=O) groups is 1. The molecule has 1 aromatic carbocycles. The number of fused-ring (bicyclic) bond motifs is 1. The fourth-order valence-electron chi connectivity index (χ4n) is 4.07. The molecule has 3 heterocycles. The first-order chi connectivity index (χ1) is 12.1. The molecular weight excluding hydrogens is 310 g/mol. The number of hydrogen-bond acceptors (Lipinski definition) is 2. The maximum absolute atomic E-state index is 13.3. The van der Waals surface area contributed by atoms with Crippen LogP contribution in [-0.2, 0) is 0 Å². The van der Waals surface area contributed by atoms with Crippen molar-refractivity contribution in [1.29, 1.82) is 0 Å². The average molecular weight is 333 g/mol. The molecule has 4 nitrogen and oxygen atoms in total. The van der Waals surface area contributed by atoms with Gasteiger partial charge in [-0.2, -0.15) is 0 Å². The minimum Gasteiger partial charge on any atom is -0.350 e. The molecule has 0 spiro atoms. The molecule has 2 aromatic heterocycles. The van der Waals surface area contributed by atoms with Crippen molar-refractivity contribution in [2.75, 3.05) is 6.54 Å². The van der Waals surface area contributed by atoms with E-state index in [1.165, 1.54) is 11.1 Å². The summed E-state index contributed by atoms with van der Waals surface area (Å²) in [6.45, 7) is 7.03. The lowest BCUT2D eigenvalue weighted by molar-refractivity contribution is 0.0729. The lowest BCUT2D eigenvalue weighted by Gasteiger charge is -2.24. The van der Waals surface area contributed by atoms with E-state index in [2.05, 4.69) is 42.0 Å². The summed E-state index contributed by atoms with van der Waals surface area (Å²) in [5, 5.41) is 1.15. The van der Waals surface area contributed by atoms with Gasteiger partial charge in [-0.3, -0.25) is 9.78 Å². The summed E-state index contributed by atoms with van der Waals surface area (Å²) in [4.78, 5) is 22.9. The van der Waals surface area contributed by atoms with E-state index in [1.807, 2.05) is 24.1 Å². The van der Waals surface area contributed by atoms with Crippen molar-refractivity contribution in [3.8, 4) is 0 Å². The number of carbonyl (C=O) groups excluding carboxylic acids is 1. The molecule has 1 N–H and O–H groups in total. The molecule has 0 radical (unpaired) electrons. The molecule has 0 aliphatic carbocycles. The molecule has 1 unspecified atom stereocenters. The fraction of sp³-hybridized carbons (Fsp3) is 0.333. The number of nitrogens with zero attached hydrogens (tertiary/aromatic N) is 2. The quantitative estimate of drug-likeness (QED) is 0.752. The van der Waals surface area contributed by atoms with E-state index in [9.17, 15) is 4.79 Å². The van der Waals surface area contributed by atoms with Gasteiger partial charge in [-0.05, 0) is 62.4 Å². The molecular formula is C21H23N3O. The summed E-state index contributed by atoms with van der Waals surface area (Å²) in [5.74, 6) is 0.0945. The standard InChI is InChI=1S/C21H23N3O/c1-13-10-14(2)19-17(11-13)15(3)20(23-19)21(25)24-9-5-7-18(24)16-6-4-8-22-12-16/h4,6,8,10-12,18,23H,5,7,9H2,1-3H3. The largest absolute Gasteiger partial charge is 0.350 e. The minimum absolute atomic E-state index is 0.0945. The zero-order valence-corrected chi connectivity index (χ0v) is 15.0. The Hall–Kier alpha value is -2.62. The number of benzene rings is 1. The summed E-state index contributed by atoms with van der Waals surface area (Å²) < 4.78 is 0. The highest BCUT2D eigenvalue weighted by molar-refractivity contribution is 6.02. The predicted octanol–water partition coefficient (Wildman–Crippen LogP) is 4.47. The molecule has 0 bridgehead atoms. The van der Waals surface area contributed by atoms with Crippen molar-refractivity contribution in [2.24, 2.45) is 0 Å². The molecule has 1 aliphatic rings. The summed E-state index contributed by atoms with van der Waals surface area (Å²) in [5.41, 5.74) is 6.36. The van der Waals surface area contributed by atoms with Crippen LogP contribution in [0.25, 0.3) is 10.9 Å². The molecule has 3 aromatic rings. The van der Waals surface area contributed by atoms with Crippen LogP contribution in [0.5, 0.6) is 0 Å². The lowest BCUT2D eigenvalue weighted by Crippen LogP contribution is -2.31. The second kappa shape index (κ2) is 6.03. The van der Waals surface area contributed by atoms with Crippen LogP contribution in [0.4, 0.5) is 0 Å². The van der Waals surface area contributed by atoms with Gasteiger partial charge in [-0.25, -0.2) is 0 Å². The van der Waals surface area contributed by atoms with Gasteiger partial charge in [0, 0.05) is 29.8 Å². The smallest absolute Gasteiger partial charge is 0.271 e. The monoisotopic (exact) mass is 333 g/mol. The second-order valence-corrected chi connectivity index (χ2v) is 7.07. The van der Waals surface area contributed by atoms with Crippen LogP contribution in [0, 0.1) is 20.8 Å². The Bertz CT molecular complexity index is 943. The minimum atomic E-state index is 0.0945. The number of rotatable bonds is 2. The second-order valence-electron chi connectivity index (χ2n) is 7.07. The first-order valence-corrected chi connectivity index (χ1v) is 8.86. The van der Waals surface area contributed by atoms with Gasteiger partial charge >= 0.3 is 0 Å². The van der Waals surface area contributed by atoms with Crippen molar-refractivity contribution in [3.05, 3.63) is 64.6 Å². The highest BCUT2D eigenvalue weighted by Gasteiger charge is 2.32. The summed E-state index contributed by atoms with van der Waals surface area (Å²) >= 11 is 0. The first kappa shape index (κ1) is 15.9. The SMILES string of the molecule is Cc1cc(C)c2[nH]c(C(=O)N3CCCC3c3cccnc3)c(C)c2c1. The number of H-pyrrole nitrogens is 1. The van der Waals surface area contributed by atoms with Gasteiger partial charge in [0.15, 0.2) is 0 Å². The topological polar surface area (TPSA) is 49.0 Å². The van der Waals surface area contributed by atoms with Crippen LogP contribution in [0.15, 0.2) is 36.7 Å². The predicted molar refractivity (Wildman–Crippen MR) is 99.8 cm³/mol. The Morgan fingerprint density at radius 1 is 1.28 bits per heavy atom. The zero-order valence-electron chi connectivity index (χ0n) is 15.0. The van der Waals surface area contributed by atoms with Gasteiger partial charge in [0.2, 0.25) is 0 Å². The van der Waals surface area contributed by atoms with Gasteiger partial charge < -0.3 is 9.88 Å². The average Bonchev–Trinajstić information content (AvgIpc) is 3.21. The van der Waals surface area contributed by atoms with Crippen molar-refractivity contribution in [1.82, 2.24) is 14.9 Å². The molecule has 4 rings (SSSR count). The lowest BCUT2D eigenvalue weighted by atomic mass is 10.0. The Balaban J connectivity index is 1.75. The highest BCUT2D eigenvalue weighted by atomic mass is 16.2. The van der Waals surface area contributed by atoms with Crippen LogP contribution in [0.2, 0.25) is 0 Å². The van der Waals surface area contributed by atoms with Crippen LogP contribution in [0.3, 0.4) is 0 Å². The van der Waals surface area contributed by atoms with Crippen molar-refractivity contribution in [3.63, 3.8) is 0 Å². The fourth-order valence-corrected chi connectivity index (χ4v) is 4.07. The third-order valence-corrected chi connectivity index (χ3v) is 5.31. The Labute approximate surface area is 147 Å². The number of aryl methyl sites for hydroxylation is 3. The van der Waals surface area contributed by atoms with Gasteiger partial charge in [0.1, 0.15) is 5.69 Å². The maximum atomic E-state index is 13.3. The van der Waals surface area contributed by atoms with Crippen molar-refractivity contribution in [2.45, 2.75) is 39.7 Å². The molecule has 4 heteroatoms. The summed E-state index contributed by atoms with van der Waals surface area (Å²) in [6, 6.07) is 8.44. The highest BCUT2D eigenvalue weighted by Crippen LogP contribution is 2.34. The van der Waals surface area contributed by atoms with Gasteiger partial charge in [-0.15, -0.1) is 0 Å². The van der Waals surface area contributed by atoms with E-state index < -0.39 is 0 Å². The van der Waals surface area contributed by atoms with Gasteiger partial charge in [-0.1, -0.05) is 17.7 Å². The maximum Gasteiger partial charge on any atom is 0.271 e. The number of pyridine rings is 1. The molecule has 1 atom stereocenters. The van der Waals surface area contributed by atoms with Gasteiger partial charge in [0.05, 0.1) is 6.04 Å². The number of aromatic amines is 1. The van der Waals surface area contributed by atoms with E-state index in [0.29, 0.717) is 0 Å². The third kappa shape index (κ3) is 2.62. The van der Waals surface area contributed by atoms with E-state index in [4.69, 9.17) is 0 Å². The third-order valence-electron chi connectivity index (χ3n) is 5.31. The number of aromatic nitrogens is 2. The normalized spacial score (nSPS) is 17.4. The molecule has 0 saturated carbocycles. The first-order valence-electron chi connectivity index (χ1n) is 8.86. The number of amides is 1. The summed E-state index contributed by atoms with van der Waals surface area (Å²) in [7, 11) is 0. The molecule has 1 aliphatic heterocycles. The zero-order chi connectivity index (χ0) is 17.6. The molecule has 1 saturated heterocycles. The van der Waals surface area contributed by atoms with Crippen molar-refractivity contribution >= 4 is 16.8 Å². The number of likely N-dealkylation sites (tertiary alicyclic amines) is 1. The molecule has 1 fully saturated rings. The van der Waals surface area contributed by atoms with Crippen LogP contribution >= 0.6 is 0 Å². The molecule has 25 heavy (non-hydrogen) atoms.